The van der Waals surface area contributed by atoms with Crippen LogP contribution in [0.4, 0.5) is 0 Å². The van der Waals surface area contributed by atoms with Crippen molar-refractivity contribution in [2.24, 2.45) is 0 Å². The van der Waals surface area contributed by atoms with Gasteiger partial charge in [0.25, 0.3) is 0 Å². The van der Waals surface area contributed by atoms with E-state index in [-0.39, 0.29) is 11.6 Å². The monoisotopic (exact) mass is 346 g/mol. The summed E-state index contributed by atoms with van der Waals surface area (Å²) in [5.41, 5.74) is 1.47. The molecule has 0 amide bonds. The number of rotatable bonds is 11. The van der Waals surface area contributed by atoms with E-state index in [1.807, 2.05) is 72.8 Å². The van der Waals surface area contributed by atoms with E-state index in [0.29, 0.717) is 0 Å². The van der Waals surface area contributed by atoms with Gasteiger partial charge < -0.3 is 0 Å². The molecule has 2 rings (SSSR count). The first-order chi connectivity index (χ1) is 12.8. The zero-order valence-electron chi connectivity index (χ0n) is 15.1. The Morgan fingerprint density at radius 2 is 0.962 bits per heavy atom. The summed E-state index contributed by atoms with van der Waals surface area (Å²) in [6.07, 6.45) is 13.6. The molecular formula is C24H26O2. The summed E-state index contributed by atoms with van der Waals surface area (Å²) >= 11 is 0. The van der Waals surface area contributed by atoms with Gasteiger partial charge in [-0.05, 0) is 37.8 Å². The van der Waals surface area contributed by atoms with Crippen LogP contribution in [0.3, 0.4) is 0 Å². The molecule has 0 aliphatic heterocycles. The Labute approximate surface area is 156 Å². The molecule has 0 fully saturated rings. The number of hydrogen-bond donors (Lipinski definition) is 0. The molecule has 2 aromatic carbocycles. The molecule has 2 nitrogen and oxygen atoms in total. The van der Waals surface area contributed by atoms with Crippen molar-refractivity contribution >= 4 is 11.6 Å². The number of unbranched alkanes of at least 4 members (excludes halogenated alkanes) is 5. The molecule has 0 unspecified atom stereocenters. The molecular weight excluding hydrogens is 320 g/mol. The van der Waals surface area contributed by atoms with Crippen molar-refractivity contribution in [3.05, 3.63) is 96.1 Å². The third kappa shape index (κ3) is 7.43. The Balaban J connectivity index is 1.52. The third-order valence-corrected chi connectivity index (χ3v) is 4.15. The lowest BCUT2D eigenvalue weighted by molar-refractivity contribution is 0.103. The Morgan fingerprint density at radius 1 is 0.577 bits per heavy atom. The van der Waals surface area contributed by atoms with Gasteiger partial charge in [-0.3, -0.25) is 9.59 Å². The summed E-state index contributed by atoms with van der Waals surface area (Å²) in [6, 6.07) is 18.7. The largest absolute Gasteiger partial charge is 0.289 e. The predicted molar refractivity (Wildman–Crippen MR) is 108 cm³/mol. The Kier molecular flexibility index (Phi) is 8.85. The van der Waals surface area contributed by atoms with Gasteiger partial charge in [0.2, 0.25) is 0 Å². The van der Waals surface area contributed by atoms with Gasteiger partial charge in [0.1, 0.15) is 0 Å². The molecule has 0 N–H and O–H groups in total. The highest BCUT2D eigenvalue weighted by Crippen LogP contribution is 2.08. The topological polar surface area (TPSA) is 34.1 Å². The highest BCUT2D eigenvalue weighted by atomic mass is 16.1. The van der Waals surface area contributed by atoms with Crippen LogP contribution in [0, 0.1) is 0 Å². The second-order valence-electron chi connectivity index (χ2n) is 6.26. The van der Waals surface area contributed by atoms with Crippen molar-refractivity contribution in [3.63, 3.8) is 0 Å². The van der Waals surface area contributed by atoms with Crippen LogP contribution in [-0.2, 0) is 0 Å². The number of hydrogen-bond acceptors (Lipinski definition) is 2. The number of carbonyl (C=O) groups excluding carboxylic acids is 2. The lowest BCUT2D eigenvalue weighted by Gasteiger charge is -1.98. The summed E-state index contributed by atoms with van der Waals surface area (Å²) in [5.74, 6) is 0.137. The average molecular weight is 346 g/mol. The Bertz CT molecular complexity index is 662. The van der Waals surface area contributed by atoms with Crippen LogP contribution < -0.4 is 0 Å². The Hall–Kier alpha value is -2.74. The fraction of sp³-hybridized carbons (Fsp3) is 0.250. The molecule has 2 aromatic rings. The van der Waals surface area contributed by atoms with E-state index in [1.165, 1.54) is 0 Å². The maximum absolute atomic E-state index is 11.9. The molecule has 0 atom stereocenters. The van der Waals surface area contributed by atoms with E-state index in [9.17, 15) is 9.59 Å². The number of allylic oxidation sites excluding steroid dienone is 4. The molecule has 0 aliphatic rings. The minimum Gasteiger partial charge on any atom is -0.289 e. The van der Waals surface area contributed by atoms with Crippen molar-refractivity contribution in [3.8, 4) is 0 Å². The standard InChI is InChI=1S/C24H26O2/c25-23(21-15-9-7-10-16-21)19-13-5-3-1-2-4-6-14-20-24(26)22-17-11-8-12-18-22/h7-20H,1-6H2/b19-13+,20-14+. The summed E-state index contributed by atoms with van der Waals surface area (Å²) in [6.45, 7) is 0. The van der Waals surface area contributed by atoms with Crippen LogP contribution in [0.1, 0.15) is 59.2 Å². The van der Waals surface area contributed by atoms with Crippen LogP contribution in [0.25, 0.3) is 0 Å². The van der Waals surface area contributed by atoms with Gasteiger partial charge in [0, 0.05) is 11.1 Å². The van der Waals surface area contributed by atoms with Crippen molar-refractivity contribution in [1.29, 1.82) is 0 Å². The molecule has 134 valence electrons. The van der Waals surface area contributed by atoms with Crippen LogP contribution in [0.15, 0.2) is 85.0 Å². The van der Waals surface area contributed by atoms with Crippen molar-refractivity contribution in [2.75, 3.05) is 0 Å². The fourth-order valence-corrected chi connectivity index (χ4v) is 2.66. The SMILES string of the molecule is O=C(/C=C/CCCCCC/C=C/C(=O)c1ccccc1)c1ccccc1. The number of carbonyl (C=O) groups is 2. The maximum atomic E-state index is 11.9. The zero-order valence-corrected chi connectivity index (χ0v) is 15.1. The minimum atomic E-state index is 0.0684. The van der Waals surface area contributed by atoms with Gasteiger partial charge in [0.05, 0.1) is 0 Å². The van der Waals surface area contributed by atoms with E-state index in [1.54, 1.807) is 12.2 Å². The third-order valence-electron chi connectivity index (χ3n) is 4.15. The molecule has 0 heterocycles. The van der Waals surface area contributed by atoms with Gasteiger partial charge in [0.15, 0.2) is 11.6 Å². The molecule has 0 saturated carbocycles. The summed E-state index contributed by atoms with van der Waals surface area (Å²) < 4.78 is 0. The lowest BCUT2D eigenvalue weighted by atomic mass is 10.1. The Morgan fingerprint density at radius 3 is 1.35 bits per heavy atom. The summed E-state index contributed by atoms with van der Waals surface area (Å²) in [5, 5.41) is 0. The lowest BCUT2D eigenvalue weighted by Crippen LogP contribution is -1.92. The van der Waals surface area contributed by atoms with Crippen molar-refractivity contribution in [1.82, 2.24) is 0 Å². The van der Waals surface area contributed by atoms with E-state index < -0.39 is 0 Å². The highest BCUT2D eigenvalue weighted by molar-refractivity contribution is 6.04. The highest BCUT2D eigenvalue weighted by Gasteiger charge is 1.99. The minimum absolute atomic E-state index is 0.0684. The first-order valence-corrected chi connectivity index (χ1v) is 9.29. The quantitative estimate of drug-likeness (QED) is 0.275. The summed E-state index contributed by atoms with van der Waals surface area (Å²) in [7, 11) is 0. The molecule has 2 heteroatoms. The zero-order chi connectivity index (χ0) is 18.5. The molecule has 0 aromatic heterocycles. The number of benzene rings is 2. The van der Waals surface area contributed by atoms with Crippen LogP contribution >= 0.6 is 0 Å². The van der Waals surface area contributed by atoms with E-state index >= 15 is 0 Å². The number of ketones is 2. The predicted octanol–water partition coefficient (Wildman–Crippen LogP) is 6.21. The van der Waals surface area contributed by atoms with Crippen molar-refractivity contribution < 1.29 is 9.59 Å². The molecule has 0 spiro atoms. The fourth-order valence-electron chi connectivity index (χ4n) is 2.66. The van der Waals surface area contributed by atoms with Gasteiger partial charge in [-0.15, -0.1) is 0 Å². The van der Waals surface area contributed by atoms with Crippen LogP contribution in [0.5, 0.6) is 0 Å². The second-order valence-corrected chi connectivity index (χ2v) is 6.26. The van der Waals surface area contributed by atoms with E-state index in [0.717, 1.165) is 49.7 Å². The molecule has 0 radical (unpaired) electrons. The molecule has 0 aliphatic carbocycles. The van der Waals surface area contributed by atoms with E-state index in [4.69, 9.17) is 0 Å². The molecule has 26 heavy (non-hydrogen) atoms. The average Bonchev–Trinajstić information content (AvgIpc) is 2.70. The van der Waals surface area contributed by atoms with E-state index in [2.05, 4.69) is 0 Å². The van der Waals surface area contributed by atoms with Gasteiger partial charge in [-0.25, -0.2) is 0 Å². The van der Waals surface area contributed by atoms with Crippen LogP contribution in [0.2, 0.25) is 0 Å². The smallest absolute Gasteiger partial charge is 0.185 e. The summed E-state index contributed by atoms with van der Waals surface area (Å²) in [4.78, 5) is 23.8. The maximum Gasteiger partial charge on any atom is 0.185 e. The molecule has 0 bridgehead atoms. The van der Waals surface area contributed by atoms with Gasteiger partial charge >= 0.3 is 0 Å². The normalized spacial score (nSPS) is 11.2. The molecule has 0 saturated heterocycles. The second kappa shape index (κ2) is 11.8. The first kappa shape index (κ1) is 19.6. The van der Waals surface area contributed by atoms with Crippen LogP contribution in [-0.4, -0.2) is 11.6 Å². The van der Waals surface area contributed by atoms with Gasteiger partial charge in [-0.2, -0.15) is 0 Å². The van der Waals surface area contributed by atoms with Gasteiger partial charge in [-0.1, -0.05) is 85.7 Å². The first-order valence-electron chi connectivity index (χ1n) is 9.29. The van der Waals surface area contributed by atoms with Crippen molar-refractivity contribution in [2.45, 2.75) is 38.5 Å².